The molecule has 0 amide bonds. The summed E-state index contributed by atoms with van der Waals surface area (Å²) >= 11 is 6.54. The molecule has 0 saturated heterocycles. The van der Waals surface area contributed by atoms with Crippen LogP contribution in [0, 0.1) is 5.62 Å². The number of rotatable bonds is 6. The summed E-state index contributed by atoms with van der Waals surface area (Å²) in [6, 6.07) is 5.90. The Bertz CT molecular complexity index is 658. The smallest absolute Gasteiger partial charge is 0.426 e. The summed E-state index contributed by atoms with van der Waals surface area (Å²) in [6.07, 6.45) is -0.136. The van der Waals surface area contributed by atoms with Gasteiger partial charge in [-0.05, 0) is 63.5 Å². The first-order valence-corrected chi connectivity index (χ1v) is 12.7. The van der Waals surface area contributed by atoms with Crippen molar-refractivity contribution in [1.82, 2.24) is 0 Å². The topological polar surface area (TPSA) is 9.23 Å². The minimum atomic E-state index is -5.76. The maximum atomic E-state index is 13.5. The van der Waals surface area contributed by atoms with E-state index in [1.54, 1.807) is 5.62 Å². The molecule has 0 bridgehead atoms. The van der Waals surface area contributed by atoms with Crippen LogP contribution in [0.3, 0.4) is 0 Å². The van der Waals surface area contributed by atoms with E-state index in [-0.39, 0.29) is 20.4 Å². The minimum Gasteiger partial charge on any atom is -0.426 e. The van der Waals surface area contributed by atoms with Crippen molar-refractivity contribution in [2.45, 2.75) is 87.8 Å². The predicted molar refractivity (Wildman–Crippen MR) is 109 cm³/mol. The van der Waals surface area contributed by atoms with Crippen molar-refractivity contribution in [1.29, 1.82) is 0 Å². The number of benzene rings is 1. The van der Waals surface area contributed by atoms with Crippen LogP contribution < -0.4 is 10.0 Å². The Balaban J connectivity index is 0.00000320. The van der Waals surface area contributed by atoms with Gasteiger partial charge in [-0.1, -0.05) is 31.8 Å². The minimum absolute atomic E-state index is 0. The molecule has 2 aliphatic rings. The molecule has 30 heavy (non-hydrogen) atoms. The van der Waals surface area contributed by atoms with E-state index in [2.05, 4.69) is 4.74 Å². The monoisotopic (exact) mass is 562 g/mol. The maximum Gasteiger partial charge on any atom is 0.499 e. The van der Waals surface area contributed by atoms with Crippen molar-refractivity contribution in [2.24, 2.45) is 0 Å². The molecule has 0 aromatic heterocycles. The first-order valence-electron chi connectivity index (χ1n) is 10.3. The summed E-state index contributed by atoms with van der Waals surface area (Å²) in [4.78, 5) is 0. The Morgan fingerprint density at radius 1 is 0.867 bits per heavy atom. The molecule has 0 heterocycles. The SMILES string of the molecule is FC(F)(F)C(F)(F)Oc1cccc([P+]([CH-]Cl)(C2CCCCC2)C2CCCCC2)c1.[Pd]. The van der Waals surface area contributed by atoms with Gasteiger partial charge in [-0.25, -0.2) is 0 Å². The second-order valence-corrected chi connectivity index (χ2v) is 12.6. The molecule has 9 heteroatoms. The van der Waals surface area contributed by atoms with E-state index < -0.39 is 25.3 Å². The van der Waals surface area contributed by atoms with Crippen LogP contribution >= 0.6 is 18.9 Å². The number of hydrogen-bond donors (Lipinski definition) is 0. The molecule has 0 unspecified atom stereocenters. The van der Waals surface area contributed by atoms with Gasteiger partial charge < -0.3 is 16.3 Å². The van der Waals surface area contributed by atoms with E-state index in [0.29, 0.717) is 11.3 Å². The molecule has 174 valence electrons. The first kappa shape index (κ1) is 26.3. The predicted octanol–water partition coefficient (Wildman–Crippen LogP) is 7.88. The zero-order chi connectivity index (χ0) is 21.1. The first-order chi connectivity index (χ1) is 13.7. The van der Waals surface area contributed by atoms with Crippen molar-refractivity contribution < 1.29 is 47.1 Å². The third-order valence-electron chi connectivity index (χ3n) is 6.36. The zero-order valence-electron chi connectivity index (χ0n) is 16.6. The van der Waals surface area contributed by atoms with Crippen LogP contribution in [0.5, 0.6) is 5.75 Å². The second-order valence-electron chi connectivity index (χ2n) is 8.13. The average Bonchev–Trinajstić information content (AvgIpc) is 2.70. The van der Waals surface area contributed by atoms with Gasteiger partial charge in [-0.3, -0.25) is 0 Å². The quantitative estimate of drug-likeness (QED) is 0.148. The second kappa shape index (κ2) is 10.8. The van der Waals surface area contributed by atoms with Gasteiger partial charge in [0.25, 0.3) is 0 Å². The molecule has 3 rings (SSSR count). The van der Waals surface area contributed by atoms with Gasteiger partial charge >= 0.3 is 12.3 Å². The Morgan fingerprint density at radius 3 is 1.80 bits per heavy atom. The van der Waals surface area contributed by atoms with Gasteiger partial charge in [0.2, 0.25) is 0 Å². The Hall–Kier alpha value is 0.0523. The maximum absolute atomic E-state index is 13.5. The molecule has 0 radical (unpaired) electrons. The van der Waals surface area contributed by atoms with Crippen molar-refractivity contribution >= 4 is 24.2 Å². The van der Waals surface area contributed by atoms with Crippen LogP contribution in [0.1, 0.15) is 64.2 Å². The standard InChI is InChI=1S/C21H27ClF5OP.Pd/c22-15-29(17-9-3-1-4-10-17,18-11-5-2-6-12-18)19-13-7-8-16(14-19)28-21(26,27)20(23,24)25;/h7-8,13-15,17-18H,1-6,9-12H2;. The third kappa shape index (κ3) is 5.51. The van der Waals surface area contributed by atoms with Crippen LogP contribution in [0.2, 0.25) is 0 Å². The molecule has 1 aromatic carbocycles. The largest absolute Gasteiger partial charge is 0.499 e. The summed E-state index contributed by atoms with van der Waals surface area (Å²) in [5.41, 5.74) is 2.49. The molecule has 2 saturated carbocycles. The number of hydrogen-bond acceptors (Lipinski definition) is 1. The van der Waals surface area contributed by atoms with Gasteiger partial charge in [0.05, 0.1) is 5.30 Å². The fourth-order valence-corrected chi connectivity index (χ4v) is 11.2. The number of halogens is 6. The molecule has 0 aliphatic heterocycles. The molecule has 2 fully saturated rings. The van der Waals surface area contributed by atoms with Crippen LogP contribution in [-0.4, -0.2) is 23.6 Å². The summed E-state index contributed by atoms with van der Waals surface area (Å²) in [6.45, 7) is 0. The Morgan fingerprint density at radius 2 is 1.37 bits per heavy atom. The van der Waals surface area contributed by atoms with Crippen molar-refractivity contribution in [3.63, 3.8) is 0 Å². The summed E-state index contributed by atoms with van der Waals surface area (Å²) in [5.74, 6) is -0.459. The van der Waals surface area contributed by atoms with Crippen LogP contribution in [0.25, 0.3) is 0 Å². The molecule has 0 N–H and O–H groups in total. The van der Waals surface area contributed by atoms with Gasteiger partial charge in [0.15, 0.2) is 0 Å². The molecule has 1 aromatic rings. The number of alkyl halides is 5. The summed E-state index contributed by atoms with van der Waals surface area (Å²) in [5, 5.41) is 0.793. The third-order valence-corrected chi connectivity index (χ3v) is 12.3. The average molecular weight is 563 g/mol. The van der Waals surface area contributed by atoms with E-state index in [9.17, 15) is 22.0 Å². The van der Waals surface area contributed by atoms with Crippen molar-refractivity contribution in [3.05, 3.63) is 29.9 Å². The van der Waals surface area contributed by atoms with E-state index in [4.69, 9.17) is 11.6 Å². The Kier molecular flexibility index (Phi) is 9.45. The fraction of sp³-hybridized carbons (Fsp3) is 0.667. The van der Waals surface area contributed by atoms with Gasteiger partial charge in [0.1, 0.15) is 5.75 Å². The van der Waals surface area contributed by atoms with Crippen LogP contribution in [-0.2, 0) is 20.4 Å². The van der Waals surface area contributed by atoms with Crippen molar-refractivity contribution in [2.75, 3.05) is 0 Å². The summed E-state index contributed by atoms with van der Waals surface area (Å²) < 4.78 is 68.9. The van der Waals surface area contributed by atoms with E-state index in [1.165, 1.54) is 25.0 Å². The van der Waals surface area contributed by atoms with Crippen LogP contribution in [0.15, 0.2) is 24.3 Å². The van der Waals surface area contributed by atoms with E-state index in [0.717, 1.165) is 62.7 Å². The normalized spacial score (nSPS) is 19.9. The fourth-order valence-electron chi connectivity index (χ4n) is 4.95. The van der Waals surface area contributed by atoms with Gasteiger partial charge in [-0.15, -0.1) is 0 Å². The molecule has 1 nitrogen and oxygen atoms in total. The number of ether oxygens (including phenoxy) is 1. The Labute approximate surface area is 194 Å². The zero-order valence-corrected chi connectivity index (χ0v) is 19.8. The van der Waals surface area contributed by atoms with E-state index in [1.807, 2.05) is 6.07 Å². The van der Waals surface area contributed by atoms with Crippen LogP contribution in [0.4, 0.5) is 22.0 Å². The molecular weight excluding hydrogens is 536 g/mol. The molecule has 0 spiro atoms. The summed E-state index contributed by atoms with van der Waals surface area (Å²) in [7, 11) is -2.08. The van der Waals surface area contributed by atoms with Gasteiger partial charge in [-0.2, -0.15) is 22.0 Å². The van der Waals surface area contributed by atoms with Gasteiger partial charge in [0, 0.05) is 37.8 Å². The molecular formula is C21H27ClF5OPPd. The molecule has 0 atom stereocenters. The molecule has 2 aliphatic carbocycles. The van der Waals surface area contributed by atoms with E-state index >= 15 is 0 Å². The van der Waals surface area contributed by atoms with Crippen molar-refractivity contribution in [3.8, 4) is 5.75 Å².